The van der Waals surface area contributed by atoms with Crippen molar-refractivity contribution in [2.24, 2.45) is 5.73 Å². The van der Waals surface area contributed by atoms with Gasteiger partial charge in [-0.15, -0.1) is 12.3 Å². The molecular formula is C17H21N3O5. The number of nitrogens with one attached hydrogen (secondary N) is 2. The van der Waals surface area contributed by atoms with Crippen molar-refractivity contribution in [3.63, 3.8) is 0 Å². The molecule has 0 saturated carbocycles. The van der Waals surface area contributed by atoms with Crippen molar-refractivity contribution in [2.45, 2.75) is 38.1 Å². The lowest BCUT2D eigenvalue weighted by Crippen LogP contribution is -2.56. The maximum absolute atomic E-state index is 12.2. The van der Waals surface area contributed by atoms with Crippen LogP contribution in [-0.2, 0) is 20.9 Å². The first-order chi connectivity index (χ1) is 11.8. The smallest absolute Gasteiger partial charge is 0.408 e. The van der Waals surface area contributed by atoms with E-state index in [-0.39, 0.29) is 13.0 Å². The number of nitrogens with two attached hydrogens (primary N) is 1. The number of aliphatic hydroxyl groups is 1. The Balaban J connectivity index is 2.63. The lowest BCUT2D eigenvalue weighted by molar-refractivity contribution is -0.130. The van der Waals surface area contributed by atoms with Gasteiger partial charge in [-0.2, -0.15) is 0 Å². The van der Waals surface area contributed by atoms with Crippen molar-refractivity contribution in [1.82, 2.24) is 10.6 Å². The Bertz CT molecular complexity index is 639. The third-order valence-corrected chi connectivity index (χ3v) is 3.23. The fourth-order valence-corrected chi connectivity index (χ4v) is 1.90. The van der Waals surface area contributed by atoms with E-state index in [1.807, 2.05) is 6.07 Å². The van der Waals surface area contributed by atoms with Crippen LogP contribution in [0.4, 0.5) is 4.79 Å². The van der Waals surface area contributed by atoms with Crippen LogP contribution in [0.25, 0.3) is 0 Å². The van der Waals surface area contributed by atoms with E-state index in [0.717, 1.165) is 5.56 Å². The molecule has 8 nitrogen and oxygen atoms in total. The Morgan fingerprint density at radius 2 is 1.92 bits per heavy atom. The minimum Gasteiger partial charge on any atom is -0.445 e. The van der Waals surface area contributed by atoms with E-state index in [9.17, 15) is 19.5 Å². The van der Waals surface area contributed by atoms with E-state index >= 15 is 0 Å². The molecule has 5 N–H and O–H groups in total. The molecule has 0 fully saturated rings. The molecular weight excluding hydrogens is 326 g/mol. The normalized spacial score (nSPS) is 13.6. The molecule has 134 valence electrons. The molecule has 0 bridgehead atoms. The van der Waals surface area contributed by atoms with Gasteiger partial charge in [0.1, 0.15) is 18.7 Å². The number of primary amides is 1. The molecule has 0 saturated heterocycles. The molecule has 3 amide bonds. The van der Waals surface area contributed by atoms with E-state index in [1.165, 1.54) is 6.92 Å². The molecule has 1 rings (SSSR count). The van der Waals surface area contributed by atoms with Gasteiger partial charge in [-0.05, 0) is 12.5 Å². The Kier molecular flexibility index (Phi) is 7.96. The molecule has 0 aliphatic rings. The zero-order valence-corrected chi connectivity index (χ0v) is 13.8. The predicted octanol–water partition coefficient (Wildman–Crippen LogP) is -0.344. The zero-order valence-electron chi connectivity index (χ0n) is 13.8. The second-order valence-electron chi connectivity index (χ2n) is 5.30. The molecule has 0 radical (unpaired) electrons. The first kappa shape index (κ1) is 20.0. The van der Waals surface area contributed by atoms with Crippen molar-refractivity contribution < 1.29 is 24.2 Å². The van der Waals surface area contributed by atoms with Crippen LogP contribution in [0.1, 0.15) is 18.9 Å². The average Bonchev–Trinajstić information content (AvgIpc) is 2.57. The molecule has 3 atom stereocenters. The lowest BCUT2D eigenvalue weighted by atomic mass is 10.1. The van der Waals surface area contributed by atoms with Crippen molar-refractivity contribution in [2.75, 3.05) is 0 Å². The first-order valence-electron chi connectivity index (χ1n) is 7.53. The van der Waals surface area contributed by atoms with Gasteiger partial charge in [0.15, 0.2) is 0 Å². The monoisotopic (exact) mass is 347 g/mol. The summed E-state index contributed by atoms with van der Waals surface area (Å²) in [5.41, 5.74) is 5.90. The average molecular weight is 347 g/mol. The van der Waals surface area contributed by atoms with Crippen molar-refractivity contribution in [1.29, 1.82) is 0 Å². The second-order valence-corrected chi connectivity index (χ2v) is 5.30. The highest BCUT2D eigenvalue weighted by Gasteiger charge is 2.29. The van der Waals surface area contributed by atoms with Gasteiger partial charge in [0.2, 0.25) is 11.8 Å². The van der Waals surface area contributed by atoms with Gasteiger partial charge in [0.05, 0.1) is 6.10 Å². The molecule has 0 heterocycles. The van der Waals surface area contributed by atoms with Gasteiger partial charge in [-0.3, -0.25) is 9.59 Å². The molecule has 25 heavy (non-hydrogen) atoms. The quantitative estimate of drug-likeness (QED) is 0.478. The van der Waals surface area contributed by atoms with Gasteiger partial charge in [0.25, 0.3) is 0 Å². The van der Waals surface area contributed by atoms with E-state index in [0.29, 0.717) is 0 Å². The van der Waals surface area contributed by atoms with Crippen molar-refractivity contribution >= 4 is 17.9 Å². The largest absolute Gasteiger partial charge is 0.445 e. The van der Waals surface area contributed by atoms with Gasteiger partial charge >= 0.3 is 6.09 Å². The number of carbonyl (C=O) groups excluding carboxylic acids is 3. The van der Waals surface area contributed by atoms with Crippen LogP contribution in [0.5, 0.6) is 0 Å². The molecule has 1 aromatic carbocycles. The number of ether oxygens (including phenoxy) is 1. The van der Waals surface area contributed by atoms with Gasteiger partial charge in [-0.25, -0.2) is 4.79 Å². The fourth-order valence-electron chi connectivity index (χ4n) is 1.90. The summed E-state index contributed by atoms with van der Waals surface area (Å²) in [5.74, 6) is 0.594. The highest BCUT2D eigenvalue weighted by Crippen LogP contribution is 2.02. The highest BCUT2D eigenvalue weighted by molar-refractivity contribution is 5.91. The molecule has 8 heteroatoms. The van der Waals surface area contributed by atoms with Crippen LogP contribution in [0, 0.1) is 12.3 Å². The Hall–Kier alpha value is -3.05. The summed E-state index contributed by atoms with van der Waals surface area (Å²) in [4.78, 5) is 35.2. The molecule has 0 aromatic heterocycles. The minimum absolute atomic E-state index is 0.00181. The van der Waals surface area contributed by atoms with Crippen molar-refractivity contribution in [3.8, 4) is 12.3 Å². The van der Waals surface area contributed by atoms with Crippen LogP contribution in [0.3, 0.4) is 0 Å². The zero-order chi connectivity index (χ0) is 18.8. The van der Waals surface area contributed by atoms with E-state index in [1.54, 1.807) is 24.3 Å². The topological polar surface area (TPSA) is 131 Å². The molecule has 0 aliphatic heterocycles. The summed E-state index contributed by atoms with van der Waals surface area (Å²) in [6, 6.07) is 6.51. The lowest BCUT2D eigenvalue weighted by Gasteiger charge is -2.22. The SMILES string of the molecule is C#CC[C@H](NC(=O)[C@@H](NC(=O)OCc1ccccc1)[C@@H](C)O)C(N)=O. The summed E-state index contributed by atoms with van der Waals surface area (Å²) in [6.07, 6.45) is 2.88. The minimum atomic E-state index is -1.33. The maximum atomic E-state index is 12.2. The highest BCUT2D eigenvalue weighted by atomic mass is 16.5. The number of hydrogen-bond acceptors (Lipinski definition) is 5. The third kappa shape index (κ3) is 6.93. The van der Waals surface area contributed by atoms with Crippen molar-refractivity contribution in [3.05, 3.63) is 35.9 Å². The van der Waals surface area contributed by atoms with E-state index in [2.05, 4.69) is 16.6 Å². The number of aliphatic hydroxyl groups excluding tert-OH is 1. The van der Waals surface area contributed by atoms with Crippen LogP contribution < -0.4 is 16.4 Å². The number of amides is 3. The number of terminal acetylenes is 1. The summed E-state index contributed by atoms with van der Waals surface area (Å²) < 4.78 is 4.99. The Morgan fingerprint density at radius 1 is 1.28 bits per heavy atom. The first-order valence-corrected chi connectivity index (χ1v) is 7.53. The number of benzene rings is 1. The van der Waals surface area contributed by atoms with Crippen LogP contribution in [0.2, 0.25) is 0 Å². The predicted molar refractivity (Wildman–Crippen MR) is 89.8 cm³/mol. The Labute approximate surface area is 145 Å². The van der Waals surface area contributed by atoms with Gasteiger partial charge < -0.3 is 26.2 Å². The van der Waals surface area contributed by atoms with E-state index in [4.69, 9.17) is 16.9 Å². The molecule has 0 aliphatic carbocycles. The number of rotatable bonds is 8. The summed E-state index contributed by atoms with van der Waals surface area (Å²) in [7, 11) is 0. The van der Waals surface area contributed by atoms with Crippen LogP contribution in [0.15, 0.2) is 30.3 Å². The fraction of sp³-hybridized carbons (Fsp3) is 0.353. The second kappa shape index (κ2) is 9.95. The molecule has 0 unspecified atom stereocenters. The van der Waals surface area contributed by atoms with Gasteiger partial charge in [0, 0.05) is 6.42 Å². The number of alkyl carbamates (subject to hydrolysis) is 1. The summed E-state index contributed by atoms with van der Waals surface area (Å²) >= 11 is 0. The molecule has 0 spiro atoms. The third-order valence-electron chi connectivity index (χ3n) is 3.23. The maximum Gasteiger partial charge on any atom is 0.408 e. The summed E-state index contributed by atoms with van der Waals surface area (Å²) in [6.45, 7) is 1.31. The number of carbonyl (C=O) groups is 3. The van der Waals surface area contributed by atoms with Crippen LogP contribution in [-0.4, -0.2) is 41.2 Å². The standard InChI is InChI=1S/C17H21N3O5/c1-3-7-13(15(18)22)19-16(23)14(11(2)21)20-17(24)25-10-12-8-5-4-6-9-12/h1,4-6,8-9,11,13-14,21H,7,10H2,2H3,(H2,18,22)(H,19,23)(H,20,24)/t11-,13+,14+/m1/s1. The summed E-state index contributed by atoms with van der Waals surface area (Å²) in [5, 5.41) is 14.2. The van der Waals surface area contributed by atoms with Crippen LogP contribution >= 0.6 is 0 Å². The number of hydrogen-bond donors (Lipinski definition) is 4. The van der Waals surface area contributed by atoms with Gasteiger partial charge in [-0.1, -0.05) is 30.3 Å². The molecule has 1 aromatic rings. The van der Waals surface area contributed by atoms with E-state index < -0.39 is 36.1 Å². The Morgan fingerprint density at radius 3 is 2.44 bits per heavy atom.